The summed E-state index contributed by atoms with van der Waals surface area (Å²) in [5.41, 5.74) is 4.68. The van der Waals surface area contributed by atoms with Crippen LogP contribution in [0.2, 0.25) is 0 Å². The van der Waals surface area contributed by atoms with E-state index < -0.39 is 0 Å². The van der Waals surface area contributed by atoms with E-state index >= 15 is 0 Å². The third-order valence-corrected chi connectivity index (χ3v) is 3.22. The molecular formula is C17H15N. The Hall–Kier alpha value is -2.15. The van der Waals surface area contributed by atoms with Gasteiger partial charge in [-0.15, -0.1) is 0 Å². The number of nitrogens with zero attached hydrogens (tertiary/aromatic N) is 1. The summed E-state index contributed by atoms with van der Waals surface area (Å²) in [6, 6.07) is 21.1. The van der Waals surface area contributed by atoms with E-state index in [1.165, 1.54) is 16.5 Å². The van der Waals surface area contributed by atoms with Crippen molar-refractivity contribution in [2.45, 2.75) is 13.3 Å². The minimum atomic E-state index is 0.971. The van der Waals surface area contributed by atoms with Crippen molar-refractivity contribution < 1.29 is 0 Å². The number of benzene rings is 2. The highest BCUT2D eigenvalue weighted by atomic mass is 14.7. The predicted molar refractivity (Wildman–Crippen MR) is 76.6 cm³/mol. The summed E-state index contributed by atoms with van der Waals surface area (Å²) in [4.78, 5) is 4.77. The van der Waals surface area contributed by atoms with Gasteiger partial charge in [-0.25, -0.2) is 0 Å². The number of para-hydroxylation sites is 1. The van der Waals surface area contributed by atoms with Gasteiger partial charge >= 0.3 is 0 Å². The molecule has 1 aromatic heterocycles. The Kier molecular flexibility index (Phi) is 2.81. The van der Waals surface area contributed by atoms with Gasteiger partial charge in [0.05, 0.1) is 5.52 Å². The SMILES string of the molecule is CCc1ccc2cccc(-c3ccccc3)c2n1. The van der Waals surface area contributed by atoms with Crippen molar-refractivity contribution in [2.24, 2.45) is 0 Å². The molecule has 3 aromatic rings. The van der Waals surface area contributed by atoms with Gasteiger partial charge in [0.25, 0.3) is 0 Å². The average molecular weight is 233 g/mol. The van der Waals surface area contributed by atoms with Crippen molar-refractivity contribution in [1.82, 2.24) is 4.98 Å². The first-order valence-electron chi connectivity index (χ1n) is 6.32. The maximum Gasteiger partial charge on any atom is 0.0783 e. The van der Waals surface area contributed by atoms with E-state index in [0.29, 0.717) is 0 Å². The van der Waals surface area contributed by atoms with Crippen LogP contribution < -0.4 is 0 Å². The van der Waals surface area contributed by atoms with Crippen LogP contribution in [0.4, 0.5) is 0 Å². The fraction of sp³-hybridized carbons (Fsp3) is 0.118. The maximum absolute atomic E-state index is 4.77. The van der Waals surface area contributed by atoms with Crippen molar-refractivity contribution >= 4 is 10.9 Å². The van der Waals surface area contributed by atoms with Crippen LogP contribution in [-0.4, -0.2) is 4.98 Å². The molecule has 0 aliphatic carbocycles. The quantitative estimate of drug-likeness (QED) is 0.636. The van der Waals surface area contributed by atoms with Crippen molar-refractivity contribution in [1.29, 1.82) is 0 Å². The zero-order valence-electron chi connectivity index (χ0n) is 10.4. The lowest BCUT2D eigenvalue weighted by Crippen LogP contribution is -1.90. The molecule has 0 saturated heterocycles. The molecule has 1 nitrogen and oxygen atoms in total. The monoisotopic (exact) mass is 233 g/mol. The van der Waals surface area contributed by atoms with Gasteiger partial charge in [-0.05, 0) is 18.1 Å². The van der Waals surface area contributed by atoms with Gasteiger partial charge in [-0.2, -0.15) is 0 Å². The Bertz CT molecular complexity index is 672. The number of rotatable bonds is 2. The number of fused-ring (bicyclic) bond motifs is 1. The van der Waals surface area contributed by atoms with Crippen molar-refractivity contribution in [3.63, 3.8) is 0 Å². The second kappa shape index (κ2) is 4.61. The molecule has 1 heterocycles. The molecule has 0 amide bonds. The van der Waals surface area contributed by atoms with E-state index in [0.717, 1.165) is 17.6 Å². The predicted octanol–water partition coefficient (Wildman–Crippen LogP) is 4.46. The topological polar surface area (TPSA) is 12.9 Å². The number of aromatic nitrogens is 1. The van der Waals surface area contributed by atoms with Crippen molar-refractivity contribution in [2.75, 3.05) is 0 Å². The van der Waals surface area contributed by atoms with Crippen LogP contribution in [0.5, 0.6) is 0 Å². The molecule has 0 saturated carbocycles. The van der Waals surface area contributed by atoms with Crippen LogP contribution in [0.15, 0.2) is 60.7 Å². The summed E-state index contributed by atoms with van der Waals surface area (Å²) in [5.74, 6) is 0. The minimum absolute atomic E-state index is 0.971. The van der Waals surface area contributed by atoms with Crippen LogP contribution in [0, 0.1) is 0 Å². The summed E-state index contributed by atoms with van der Waals surface area (Å²) < 4.78 is 0. The van der Waals surface area contributed by atoms with Crippen LogP contribution in [0.1, 0.15) is 12.6 Å². The van der Waals surface area contributed by atoms with Gasteiger partial charge in [0, 0.05) is 16.6 Å². The molecule has 3 rings (SSSR count). The summed E-state index contributed by atoms with van der Waals surface area (Å²) in [6.07, 6.45) is 0.971. The fourth-order valence-electron chi connectivity index (χ4n) is 2.24. The standard InChI is InChI=1S/C17H15N/c1-2-15-12-11-14-9-6-10-16(17(14)18-15)13-7-4-3-5-8-13/h3-12H,2H2,1H3. The van der Waals surface area contributed by atoms with Crippen LogP contribution in [0.3, 0.4) is 0 Å². The summed E-state index contributed by atoms with van der Waals surface area (Å²) in [7, 11) is 0. The highest BCUT2D eigenvalue weighted by Crippen LogP contribution is 2.27. The molecule has 0 atom stereocenters. The third kappa shape index (κ3) is 1.88. The van der Waals surface area contributed by atoms with Gasteiger partial charge in [0.15, 0.2) is 0 Å². The molecule has 88 valence electrons. The minimum Gasteiger partial charge on any atom is -0.252 e. The van der Waals surface area contributed by atoms with E-state index in [1.54, 1.807) is 0 Å². The van der Waals surface area contributed by atoms with Crippen LogP contribution in [-0.2, 0) is 6.42 Å². The Morgan fingerprint density at radius 2 is 1.67 bits per heavy atom. The molecule has 18 heavy (non-hydrogen) atoms. The van der Waals surface area contributed by atoms with Crippen molar-refractivity contribution in [3.05, 3.63) is 66.4 Å². The molecule has 0 spiro atoms. The summed E-state index contributed by atoms with van der Waals surface area (Å²) in [6.45, 7) is 2.14. The van der Waals surface area contributed by atoms with E-state index in [9.17, 15) is 0 Å². The number of pyridine rings is 1. The van der Waals surface area contributed by atoms with Crippen LogP contribution in [0.25, 0.3) is 22.0 Å². The average Bonchev–Trinajstić information content (AvgIpc) is 2.47. The molecular weight excluding hydrogens is 218 g/mol. The number of aryl methyl sites for hydroxylation is 1. The second-order valence-electron chi connectivity index (χ2n) is 4.40. The highest BCUT2D eigenvalue weighted by molar-refractivity contribution is 5.93. The first kappa shape index (κ1) is 11.0. The molecule has 0 bridgehead atoms. The molecule has 0 aliphatic rings. The van der Waals surface area contributed by atoms with Gasteiger partial charge < -0.3 is 0 Å². The van der Waals surface area contributed by atoms with Gasteiger partial charge in [0.2, 0.25) is 0 Å². The molecule has 0 N–H and O–H groups in total. The largest absolute Gasteiger partial charge is 0.252 e. The first-order chi connectivity index (χ1) is 8.88. The van der Waals surface area contributed by atoms with Gasteiger partial charge in [-0.1, -0.05) is 61.5 Å². The normalized spacial score (nSPS) is 10.7. The third-order valence-electron chi connectivity index (χ3n) is 3.22. The second-order valence-corrected chi connectivity index (χ2v) is 4.40. The number of hydrogen-bond acceptors (Lipinski definition) is 1. The molecule has 1 heteroatoms. The Morgan fingerprint density at radius 3 is 2.44 bits per heavy atom. The zero-order chi connectivity index (χ0) is 12.4. The highest BCUT2D eigenvalue weighted by Gasteiger charge is 2.05. The lowest BCUT2D eigenvalue weighted by molar-refractivity contribution is 1.06. The van der Waals surface area contributed by atoms with E-state index in [4.69, 9.17) is 4.98 Å². The number of hydrogen-bond donors (Lipinski definition) is 0. The Balaban J connectivity index is 2.29. The summed E-state index contributed by atoms with van der Waals surface area (Å²) in [5, 5.41) is 1.20. The molecule has 0 aliphatic heterocycles. The molecule has 0 unspecified atom stereocenters. The molecule has 2 aromatic carbocycles. The molecule has 0 fully saturated rings. The van der Waals surface area contributed by atoms with Crippen molar-refractivity contribution in [3.8, 4) is 11.1 Å². The van der Waals surface area contributed by atoms with E-state index in [1.807, 2.05) is 6.07 Å². The smallest absolute Gasteiger partial charge is 0.0783 e. The Labute approximate surface area is 107 Å². The first-order valence-corrected chi connectivity index (χ1v) is 6.32. The van der Waals surface area contributed by atoms with E-state index in [2.05, 4.69) is 61.5 Å². The lowest BCUT2D eigenvalue weighted by Gasteiger charge is -2.07. The Morgan fingerprint density at radius 1 is 0.833 bits per heavy atom. The van der Waals surface area contributed by atoms with E-state index in [-0.39, 0.29) is 0 Å². The summed E-state index contributed by atoms with van der Waals surface area (Å²) >= 11 is 0. The van der Waals surface area contributed by atoms with Gasteiger partial charge in [-0.3, -0.25) is 4.98 Å². The fourth-order valence-corrected chi connectivity index (χ4v) is 2.24. The van der Waals surface area contributed by atoms with Crippen LogP contribution >= 0.6 is 0 Å². The lowest BCUT2D eigenvalue weighted by atomic mass is 10.0. The zero-order valence-corrected chi connectivity index (χ0v) is 10.4. The maximum atomic E-state index is 4.77. The molecule has 0 radical (unpaired) electrons. The van der Waals surface area contributed by atoms with Gasteiger partial charge in [0.1, 0.15) is 0 Å².